The van der Waals surface area contributed by atoms with E-state index in [4.69, 9.17) is 0 Å². The Kier molecular flexibility index (Phi) is 3.15. The first-order chi connectivity index (χ1) is 8.33. The van der Waals surface area contributed by atoms with E-state index >= 15 is 0 Å². The van der Waals surface area contributed by atoms with Crippen LogP contribution in [0, 0.1) is 11.7 Å². The van der Waals surface area contributed by atoms with E-state index in [2.05, 4.69) is 11.4 Å². The number of aryl methyl sites for hydroxylation is 2. The van der Waals surface area contributed by atoms with Gasteiger partial charge in [-0.1, -0.05) is 6.07 Å². The number of benzene rings is 1. The number of hydrogen-bond donors (Lipinski definition) is 1. The van der Waals surface area contributed by atoms with Gasteiger partial charge in [-0.3, -0.25) is 0 Å². The molecule has 1 saturated heterocycles. The van der Waals surface area contributed by atoms with Crippen molar-refractivity contribution in [3.8, 4) is 0 Å². The van der Waals surface area contributed by atoms with Gasteiger partial charge in [-0.05, 0) is 80.3 Å². The Labute approximate surface area is 102 Å². The first kappa shape index (κ1) is 11.2. The summed E-state index contributed by atoms with van der Waals surface area (Å²) >= 11 is 0. The van der Waals surface area contributed by atoms with Gasteiger partial charge in [0.05, 0.1) is 0 Å². The average Bonchev–Trinajstić information content (AvgIpc) is 2.78. The van der Waals surface area contributed by atoms with Crippen LogP contribution < -0.4 is 5.32 Å². The van der Waals surface area contributed by atoms with Crippen LogP contribution in [-0.2, 0) is 19.3 Å². The summed E-state index contributed by atoms with van der Waals surface area (Å²) in [6.07, 6.45) is 6.73. The Morgan fingerprint density at radius 2 is 1.82 bits per heavy atom. The van der Waals surface area contributed by atoms with Gasteiger partial charge >= 0.3 is 0 Å². The lowest BCUT2D eigenvalue weighted by Gasteiger charge is -2.23. The van der Waals surface area contributed by atoms with Gasteiger partial charge in [0.15, 0.2) is 0 Å². The van der Waals surface area contributed by atoms with Crippen molar-refractivity contribution in [2.45, 2.75) is 38.5 Å². The zero-order chi connectivity index (χ0) is 11.7. The fraction of sp³-hybridized carbons (Fsp3) is 0.600. The van der Waals surface area contributed by atoms with Crippen molar-refractivity contribution in [2.75, 3.05) is 13.1 Å². The molecule has 17 heavy (non-hydrogen) atoms. The molecule has 0 aromatic heterocycles. The van der Waals surface area contributed by atoms with Crippen molar-refractivity contribution in [3.05, 3.63) is 34.6 Å². The summed E-state index contributed by atoms with van der Waals surface area (Å²) in [6, 6.07) is 3.93. The van der Waals surface area contributed by atoms with Crippen LogP contribution in [-0.4, -0.2) is 13.1 Å². The molecule has 1 nitrogen and oxygen atoms in total. The molecule has 92 valence electrons. The van der Waals surface area contributed by atoms with Crippen molar-refractivity contribution in [1.29, 1.82) is 0 Å². The van der Waals surface area contributed by atoms with Gasteiger partial charge in [-0.15, -0.1) is 0 Å². The minimum absolute atomic E-state index is 0.0317. The molecule has 1 aliphatic carbocycles. The molecular weight excluding hydrogens is 213 g/mol. The fourth-order valence-electron chi connectivity index (χ4n) is 3.20. The highest BCUT2D eigenvalue weighted by Gasteiger charge is 2.18. The molecule has 1 aliphatic heterocycles. The second kappa shape index (κ2) is 4.77. The SMILES string of the molecule is Fc1cc2c(cc1CC1CCNCC1)CCC2. The van der Waals surface area contributed by atoms with Crippen LogP contribution in [0.3, 0.4) is 0 Å². The minimum atomic E-state index is 0.0317. The molecular formula is C15H20FN. The highest BCUT2D eigenvalue weighted by atomic mass is 19.1. The first-order valence-electron chi connectivity index (χ1n) is 6.84. The third kappa shape index (κ3) is 2.37. The largest absolute Gasteiger partial charge is 0.317 e. The Morgan fingerprint density at radius 3 is 2.59 bits per heavy atom. The van der Waals surface area contributed by atoms with Crippen LogP contribution in [0.5, 0.6) is 0 Å². The predicted molar refractivity (Wildman–Crippen MR) is 67.7 cm³/mol. The Morgan fingerprint density at radius 1 is 1.12 bits per heavy atom. The maximum absolute atomic E-state index is 14.0. The molecule has 1 N–H and O–H groups in total. The van der Waals surface area contributed by atoms with Crippen LogP contribution in [0.1, 0.15) is 36.0 Å². The lowest BCUT2D eigenvalue weighted by Crippen LogP contribution is -2.28. The smallest absolute Gasteiger partial charge is 0.126 e. The van der Waals surface area contributed by atoms with Crippen LogP contribution in [0.25, 0.3) is 0 Å². The molecule has 0 spiro atoms. The van der Waals surface area contributed by atoms with Gasteiger partial charge in [0.25, 0.3) is 0 Å². The first-order valence-corrected chi connectivity index (χ1v) is 6.84. The van der Waals surface area contributed by atoms with Crippen molar-refractivity contribution in [2.24, 2.45) is 5.92 Å². The topological polar surface area (TPSA) is 12.0 Å². The van der Waals surface area contributed by atoms with Crippen LogP contribution in [0.4, 0.5) is 4.39 Å². The summed E-state index contributed by atoms with van der Waals surface area (Å²) in [7, 11) is 0. The number of rotatable bonds is 2. The molecule has 3 rings (SSSR count). The maximum Gasteiger partial charge on any atom is 0.126 e. The third-order valence-electron chi connectivity index (χ3n) is 4.23. The highest BCUT2D eigenvalue weighted by Crippen LogP contribution is 2.27. The zero-order valence-corrected chi connectivity index (χ0v) is 10.3. The van der Waals surface area contributed by atoms with Crippen molar-refractivity contribution < 1.29 is 4.39 Å². The monoisotopic (exact) mass is 233 g/mol. The number of halogens is 1. The zero-order valence-electron chi connectivity index (χ0n) is 10.3. The van der Waals surface area contributed by atoms with E-state index in [9.17, 15) is 4.39 Å². The fourth-order valence-corrected chi connectivity index (χ4v) is 3.20. The second-order valence-corrected chi connectivity index (χ2v) is 5.46. The number of fused-ring (bicyclic) bond motifs is 1. The van der Waals surface area contributed by atoms with E-state index in [1.54, 1.807) is 6.07 Å². The molecule has 1 fully saturated rings. The summed E-state index contributed by atoms with van der Waals surface area (Å²) < 4.78 is 14.0. The predicted octanol–water partition coefficient (Wildman–Crippen LogP) is 2.86. The summed E-state index contributed by atoms with van der Waals surface area (Å²) in [6.45, 7) is 2.19. The van der Waals surface area contributed by atoms with Gasteiger partial charge in [0.1, 0.15) is 5.82 Å². The van der Waals surface area contributed by atoms with Gasteiger partial charge < -0.3 is 5.32 Å². The van der Waals surface area contributed by atoms with Crippen LogP contribution >= 0.6 is 0 Å². The molecule has 0 saturated carbocycles. The lowest BCUT2D eigenvalue weighted by molar-refractivity contribution is 0.368. The summed E-state index contributed by atoms with van der Waals surface area (Å²) in [5.41, 5.74) is 3.60. The highest BCUT2D eigenvalue weighted by molar-refractivity contribution is 5.36. The van der Waals surface area contributed by atoms with Crippen LogP contribution in [0.15, 0.2) is 12.1 Å². The van der Waals surface area contributed by atoms with E-state index in [0.717, 1.165) is 37.9 Å². The average molecular weight is 233 g/mol. The second-order valence-electron chi connectivity index (χ2n) is 5.46. The van der Waals surface area contributed by atoms with E-state index in [0.29, 0.717) is 5.92 Å². The third-order valence-corrected chi connectivity index (χ3v) is 4.23. The minimum Gasteiger partial charge on any atom is -0.317 e. The van der Waals surface area contributed by atoms with E-state index in [1.807, 2.05) is 0 Å². The maximum atomic E-state index is 14.0. The van der Waals surface area contributed by atoms with Crippen molar-refractivity contribution >= 4 is 0 Å². The molecule has 0 atom stereocenters. The standard InChI is InChI=1S/C15H20FN/c16-15-10-13-3-1-2-12(13)9-14(15)8-11-4-6-17-7-5-11/h9-11,17H,1-8H2. The Balaban J connectivity index is 1.78. The molecule has 0 bridgehead atoms. The molecule has 2 aliphatic rings. The van der Waals surface area contributed by atoms with Crippen LogP contribution in [0.2, 0.25) is 0 Å². The lowest BCUT2D eigenvalue weighted by atomic mass is 9.89. The van der Waals surface area contributed by atoms with Gasteiger partial charge in [-0.25, -0.2) is 4.39 Å². The molecule has 0 unspecified atom stereocenters. The Hall–Kier alpha value is -0.890. The van der Waals surface area contributed by atoms with Gasteiger partial charge in [0.2, 0.25) is 0 Å². The van der Waals surface area contributed by atoms with E-state index in [-0.39, 0.29) is 5.82 Å². The quantitative estimate of drug-likeness (QED) is 0.828. The number of piperidine rings is 1. The number of nitrogens with one attached hydrogen (secondary N) is 1. The summed E-state index contributed by atoms with van der Waals surface area (Å²) in [4.78, 5) is 0. The number of hydrogen-bond acceptors (Lipinski definition) is 1. The molecule has 1 heterocycles. The summed E-state index contributed by atoms with van der Waals surface area (Å²) in [5, 5.41) is 3.36. The molecule has 0 radical (unpaired) electrons. The molecule has 1 aromatic carbocycles. The van der Waals surface area contributed by atoms with Gasteiger partial charge in [0, 0.05) is 0 Å². The summed E-state index contributed by atoms with van der Waals surface area (Å²) in [5.74, 6) is 0.703. The van der Waals surface area contributed by atoms with E-state index < -0.39 is 0 Å². The van der Waals surface area contributed by atoms with E-state index in [1.165, 1.54) is 30.4 Å². The normalized spacial score (nSPS) is 20.5. The van der Waals surface area contributed by atoms with Crippen molar-refractivity contribution in [3.63, 3.8) is 0 Å². The molecule has 2 heteroatoms. The molecule has 0 amide bonds. The Bertz CT molecular complexity index is 408. The van der Waals surface area contributed by atoms with Gasteiger partial charge in [-0.2, -0.15) is 0 Å². The van der Waals surface area contributed by atoms with Crippen molar-refractivity contribution in [1.82, 2.24) is 5.32 Å². The molecule has 1 aromatic rings.